The number of carbonyl (C=O) groups excluding carboxylic acids is 3. The Hall–Kier alpha value is -2.75. The summed E-state index contributed by atoms with van der Waals surface area (Å²) in [5.41, 5.74) is 0. The van der Waals surface area contributed by atoms with E-state index in [2.05, 4.69) is 81.5 Å². The van der Waals surface area contributed by atoms with Crippen LogP contribution in [0.5, 0.6) is 0 Å². The van der Waals surface area contributed by atoms with Gasteiger partial charge in [0.25, 0.3) is 0 Å². The Kier molecular flexibility index (Phi) is 65.2. The summed E-state index contributed by atoms with van der Waals surface area (Å²) in [4.78, 5) is 58.2. The first kappa shape index (κ1) is 88.2. The molecule has 532 valence electrons. The minimum Gasteiger partial charge on any atom is -0.463 e. The largest absolute Gasteiger partial charge is 0.472 e. The molecule has 0 saturated heterocycles. The van der Waals surface area contributed by atoms with Gasteiger partial charge in [0.15, 0.2) is 6.10 Å². The zero-order chi connectivity index (χ0) is 66.7. The topological polar surface area (TPSA) is 231 Å². The maximum absolute atomic E-state index is 12.8. The van der Waals surface area contributed by atoms with Gasteiger partial charge in [-0.1, -0.05) is 287 Å². The van der Waals surface area contributed by atoms with Crippen LogP contribution >= 0.6 is 15.6 Å². The summed E-state index contributed by atoms with van der Waals surface area (Å²) in [6.45, 7) is 2.61. The van der Waals surface area contributed by atoms with Crippen molar-refractivity contribution in [3.05, 3.63) is 60.8 Å². The van der Waals surface area contributed by atoms with Gasteiger partial charge >= 0.3 is 33.6 Å². The van der Waals surface area contributed by atoms with Gasteiger partial charge in [-0.25, -0.2) is 9.13 Å². The molecule has 0 aliphatic heterocycles. The summed E-state index contributed by atoms with van der Waals surface area (Å²) in [6.07, 6.45) is 70.3. The molecular weight excluding hydrogens is 1190 g/mol. The third-order valence-electron chi connectivity index (χ3n) is 15.7. The molecule has 0 aliphatic carbocycles. The normalized spacial score (nSPS) is 14.5. The van der Waals surface area contributed by atoms with Gasteiger partial charge in [-0.05, 0) is 83.5 Å². The summed E-state index contributed by atoms with van der Waals surface area (Å²) >= 11 is 0. The second-order valence-corrected chi connectivity index (χ2v) is 27.7. The minimum atomic E-state index is -4.91. The number of aliphatic hydroxyl groups excluding tert-OH is 2. The van der Waals surface area contributed by atoms with E-state index >= 15 is 0 Å². The molecule has 16 nitrogen and oxygen atoms in total. The number of phosphoric ester groups is 2. The average molecular weight is 1330 g/mol. The van der Waals surface area contributed by atoms with Crippen LogP contribution in [0.15, 0.2) is 60.8 Å². The second-order valence-electron chi connectivity index (χ2n) is 24.7. The zero-order valence-electron chi connectivity index (χ0n) is 57.8. The Morgan fingerprint density at radius 2 is 0.560 bits per heavy atom. The first-order chi connectivity index (χ1) is 44.2. The van der Waals surface area contributed by atoms with Crippen molar-refractivity contribution in [3.8, 4) is 0 Å². The van der Waals surface area contributed by atoms with Gasteiger partial charge in [-0.3, -0.25) is 32.5 Å². The highest BCUT2D eigenvalue weighted by Crippen LogP contribution is 2.45. The molecule has 0 aromatic rings. The molecule has 0 aliphatic rings. The minimum absolute atomic E-state index is 0.109. The Morgan fingerprint density at radius 1 is 0.308 bits per heavy atom. The molecule has 0 aromatic carbocycles. The standard InChI is InChI=1S/C73H134O16P2/c1-4-7-10-13-16-19-22-23-24-25-26-27-28-29-30-31-32-33-34-35-36-37-38-39-40-41-42-43-46-48-50-53-56-59-71(76)83-62-68(74)63-85-90(79,80)86-64-69(75)65-87-91(81,82)88-67-70(89-73(78)61-58-55-52-49-45-21-18-15-12-9-6-3)66-84-72(77)60-57-54-51-47-44-20-17-14-11-8-5-2/h14,16-17,19,23-24,26-27,29-30,68-70,74-75H,4-13,15,18,20-22,25,28,31-67H2,1-3H3,(H,79,80)(H,81,82)/b17-14-,19-16-,24-23-,27-26-,30-29-. The van der Waals surface area contributed by atoms with Crippen LogP contribution in [0.1, 0.15) is 329 Å². The van der Waals surface area contributed by atoms with Gasteiger partial charge < -0.3 is 34.2 Å². The first-order valence-corrected chi connectivity index (χ1v) is 39.6. The predicted octanol–water partition coefficient (Wildman–Crippen LogP) is 20.5. The van der Waals surface area contributed by atoms with Gasteiger partial charge in [0.2, 0.25) is 0 Å². The van der Waals surface area contributed by atoms with Gasteiger partial charge in [0, 0.05) is 19.3 Å². The summed E-state index contributed by atoms with van der Waals surface area (Å²) in [5.74, 6) is -1.57. The van der Waals surface area contributed by atoms with Crippen molar-refractivity contribution in [1.29, 1.82) is 0 Å². The van der Waals surface area contributed by atoms with Crippen molar-refractivity contribution >= 4 is 33.6 Å². The van der Waals surface area contributed by atoms with Gasteiger partial charge in [-0.15, -0.1) is 0 Å². The Bertz CT molecular complexity index is 1910. The third-order valence-corrected chi connectivity index (χ3v) is 17.6. The van der Waals surface area contributed by atoms with E-state index in [9.17, 15) is 43.5 Å². The smallest absolute Gasteiger partial charge is 0.463 e. The number of hydrogen-bond acceptors (Lipinski definition) is 14. The van der Waals surface area contributed by atoms with Crippen LogP contribution in [0.4, 0.5) is 0 Å². The van der Waals surface area contributed by atoms with Crippen molar-refractivity contribution in [1.82, 2.24) is 0 Å². The SMILES string of the molecule is CCCC/C=C\CCCCCCCC(=O)OCC(COP(=O)(O)OCC(O)COP(=O)(O)OCC(O)COC(=O)CCCCCCCCCCCCCCCCCCC/C=C\C/C=C\C/C=C\C/C=C\CCCCC)OC(=O)CCCCCCCCCCCCC. The fourth-order valence-corrected chi connectivity index (χ4v) is 11.7. The third kappa shape index (κ3) is 68.4. The lowest BCUT2D eigenvalue weighted by Gasteiger charge is -2.21. The molecule has 0 fully saturated rings. The first-order valence-electron chi connectivity index (χ1n) is 36.6. The van der Waals surface area contributed by atoms with Crippen LogP contribution in [0.3, 0.4) is 0 Å². The van der Waals surface area contributed by atoms with E-state index < -0.39 is 91.5 Å². The summed E-state index contributed by atoms with van der Waals surface area (Å²) in [5, 5.41) is 20.5. The van der Waals surface area contributed by atoms with Crippen molar-refractivity contribution in [2.45, 2.75) is 347 Å². The molecule has 91 heavy (non-hydrogen) atoms. The Labute approximate surface area is 554 Å². The molecular formula is C73H134O16P2. The number of phosphoric acid groups is 2. The highest BCUT2D eigenvalue weighted by Gasteiger charge is 2.29. The average Bonchev–Trinajstić information content (AvgIpc) is 3.68. The number of rotatable bonds is 70. The van der Waals surface area contributed by atoms with E-state index in [1.165, 1.54) is 167 Å². The summed E-state index contributed by atoms with van der Waals surface area (Å²) < 4.78 is 60.8. The Balaban J connectivity index is 4.24. The number of allylic oxidation sites excluding steroid dienone is 10. The Morgan fingerprint density at radius 3 is 0.934 bits per heavy atom. The van der Waals surface area contributed by atoms with Crippen molar-refractivity contribution < 1.29 is 75.8 Å². The number of ether oxygens (including phenoxy) is 3. The lowest BCUT2D eigenvalue weighted by atomic mass is 10.0. The number of carbonyl (C=O) groups is 3. The number of hydrogen-bond donors (Lipinski definition) is 4. The van der Waals surface area contributed by atoms with Crippen LogP contribution < -0.4 is 0 Å². The number of unbranched alkanes of at least 4 members (excludes halogenated alkanes) is 37. The van der Waals surface area contributed by atoms with Crippen LogP contribution in [-0.4, -0.2) is 95.9 Å². The monoisotopic (exact) mass is 1330 g/mol. The highest BCUT2D eigenvalue weighted by molar-refractivity contribution is 7.47. The van der Waals surface area contributed by atoms with E-state index in [0.717, 1.165) is 103 Å². The van der Waals surface area contributed by atoms with Crippen molar-refractivity contribution in [2.24, 2.45) is 0 Å². The lowest BCUT2D eigenvalue weighted by molar-refractivity contribution is -0.161. The molecule has 0 aromatic heterocycles. The fraction of sp³-hybridized carbons (Fsp3) is 0.822. The second kappa shape index (κ2) is 67.2. The predicted molar refractivity (Wildman–Crippen MR) is 372 cm³/mol. The highest BCUT2D eigenvalue weighted by atomic mass is 31.2. The molecule has 5 atom stereocenters. The number of esters is 3. The maximum Gasteiger partial charge on any atom is 0.472 e. The lowest BCUT2D eigenvalue weighted by Crippen LogP contribution is -2.30. The molecule has 0 radical (unpaired) electrons. The molecule has 0 rings (SSSR count). The quantitative estimate of drug-likeness (QED) is 0.0146. The van der Waals surface area contributed by atoms with Gasteiger partial charge in [0.1, 0.15) is 25.4 Å². The van der Waals surface area contributed by atoms with Crippen LogP contribution in [0.2, 0.25) is 0 Å². The van der Waals surface area contributed by atoms with Crippen molar-refractivity contribution in [2.75, 3.05) is 39.6 Å². The summed E-state index contributed by atoms with van der Waals surface area (Å²) in [6, 6.07) is 0. The van der Waals surface area contributed by atoms with E-state index in [4.69, 9.17) is 32.3 Å². The van der Waals surface area contributed by atoms with E-state index in [1.54, 1.807) is 0 Å². The fourth-order valence-electron chi connectivity index (χ4n) is 10.1. The molecule has 0 bridgehead atoms. The van der Waals surface area contributed by atoms with Crippen LogP contribution in [-0.2, 0) is 55.8 Å². The van der Waals surface area contributed by atoms with E-state index in [-0.39, 0.29) is 19.3 Å². The van der Waals surface area contributed by atoms with E-state index in [0.29, 0.717) is 19.3 Å². The summed E-state index contributed by atoms with van der Waals surface area (Å²) in [7, 11) is -9.75. The molecule has 4 N–H and O–H groups in total. The number of aliphatic hydroxyl groups is 2. The van der Waals surface area contributed by atoms with Crippen LogP contribution in [0, 0.1) is 0 Å². The van der Waals surface area contributed by atoms with Gasteiger partial charge in [-0.2, -0.15) is 0 Å². The maximum atomic E-state index is 12.8. The molecule has 18 heteroatoms. The van der Waals surface area contributed by atoms with Crippen LogP contribution in [0.25, 0.3) is 0 Å². The van der Waals surface area contributed by atoms with Gasteiger partial charge in [0.05, 0.1) is 26.4 Å². The van der Waals surface area contributed by atoms with E-state index in [1.807, 2.05) is 0 Å². The molecule has 0 saturated carbocycles. The molecule has 0 amide bonds. The van der Waals surface area contributed by atoms with Crippen molar-refractivity contribution in [3.63, 3.8) is 0 Å². The molecule has 0 heterocycles. The molecule has 5 unspecified atom stereocenters. The molecule has 0 spiro atoms. The zero-order valence-corrected chi connectivity index (χ0v) is 59.6.